The van der Waals surface area contributed by atoms with Crippen molar-refractivity contribution in [2.24, 2.45) is 0 Å². The molecule has 0 saturated heterocycles. The van der Waals surface area contributed by atoms with Crippen molar-refractivity contribution in [3.05, 3.63) is 46.7 Å². The lowest BCUT2D eigenvalue weighted by Crippen LogP contribution is -2.36. The first-order valence-electron chi connectivity index (χ1n) is 8.72. The smallest absolute Gasteiger partial charge is 0.319 e. The largest absolute Gasteiger partial charge is 0.484 e. The average Bonchev–Trinajstić information content (AvgIpc) is 3.15. The lowest BCUT2D eigenvalue weighted by Gasteiger charge is -2.24. The van der Waals surface area contributed by atoms with E-state index in [9.17, 15) is 9.59 Å². The quantitative estimate of drug-likeness (QED) is 0.615. The second kappa shape index (κ2) is 10.5. The molecule has 3 N–H and O–H groups in total. The first kappa shape index (κ1) is 20.7. The van der Waals surface area contributed by atoms with Crippen LogP contribution >= 0.6 is 11.3 Å². The number of ether oxygens (including phenoxy) is 1. The highest BCUT2D eigenvalue weighted by Crippen LogP contribution is 2.20. The molecule has 1 heterocycles. The Morgan fingerprint density at radius 3 is 2.48 bits per heavy atom. The van der Waals surface area contributed by atoms with Crippen molar-refractivity contribution in [1.29, 1.82) is 0 Å². The maximum Gasteiger partial charge on any atom is 0.319 e. The SMILES string of the molecule is CCNC(=O)COc1ccc(NC(=O)NCC(c2ccsc2)N(C)C)cc1. The fraction of sp³-hybridized carbons (Fsp3) is 0.368. The molecule has 0 bridgehead atoms. The van der Waals surface area contributed by atoms with Gasteiger partial charge in [-0.2, -0.15) is 11.3 Å². The summed E-state index contributed by atoms with van der Waals surface area (Å²) in [6.07, 6.45) is 0. The van der Waals surface area contributed by atoms with Gasteiger partial charge in [0.15, 0.2) is 6.61 Å². The summed E-state index contributed by atoms with van der Waals surface area (Å²) < 4.78 is 5.38. The van der Waals surface area contributed by atoms with Crippen LogP contribution in [-0.2, 0) is 4.79 Å². The number of amides is 3. The maximum absolute atomic E-state index is 12.2. The number of hydrogen-bond acceptors (Lipinski definition) is 5. The molecule has 0 aliphatic rings. The summed E-state index contributed by atoms with van der Waals surface area (Å²) in [5.74, 6) is 0.400. The average molecular weight is 391 g/mol. The molecule has 3 amide bonds. The molecule has 1 unspecified atom stereocenters. The Morgan fingerprint density at radius 2 is 1.89 bits per heavy atom. The standard InChI is InChI=1S/C19H26N4O3S/c1-4-20-18(24)12-26-16-7-5-15(6-8-16)22-19(25)21-11-17(23(2)3)14-9-10-27-13-14/h5-10,13,17H,4,11-12H2,1-3H3,(H,20,24)(H2,21,22,25). The minimum Gasteiger partial charge on any atom is -0.484 e. The predicted octanol–water partition coefficient (Wildman–Crippen LogP) is 2.69. The van der Waals surface area contributed by atoms with Crippen molar-refractivity contribution >= 4 is 29.0 Å². The van der Waals surface area contributed by atoms with E-state index in [1.807, 2.05) is 26.4 Å². The lowest BCUT2D eigenvalue weighted by atomic mass is 10.1. The van der Waals surface area contributed by atoms with E-state index in [1.165, 1.54) is 5.56 Å². The summed E-state index contributed by atoms with van der Waals surface area (Å²) in [4.78, 5) is 25.6. The van der Waals surface area contributed by atoms with Gasteiger partial charge in [-0.15, -0.1) is 0 Å². The molecule has 0 fully saturated rings. The summed E-state index contributed by atoms with van der Waals surface area (Å²) in [6.45, 7) is 2.89. The maximum atomic E-state index is 12.2. The van der Waals surface area contributed by atoms with E-state index < -0.39 is 0 Å². The molecule has 1 atom stereocenters. The summed E-state index contributed by atoms with van der Waals surface area (Å²) in [5.41, 5.74) is 1.83. The van der Waals surface area contributed by atoms with Crippen LogP contribution in [0.4, 0.5) is 10.5 Å². The number of nitrogens with zero attached hydrogens (tertiary/aromatic N) is 1. The Morgan fingerprint density at radius 1 is 1.15 bits per heavy atom. The van der Waals surface area contributed by atoms with Gasteiger partial charge in [-0.3, -0.25) is 4.79 Å². The van der Waals surface area contributed by atoms with E-state index >= 15 is 0 Å². The zero-order chi connectivity index (χ0) is 19.6. The van der Waals surface area contributed by atoms with E-state index in [2.05, 4.69) is 32.3 Å². The van der Waals surface area contributed by atoms with Gasteiger partial charge in [-0.1, -0.05) is 0 Å². The van der Waals surface area contributed by atoms with E-state index in [4.69, 9.17) is 4.74 Å². The Labute approximate surface area is 163 Å². The molecule has 0 radical (unpaired) electrons. The molecular formula is C19H26N4O3S. The van der Waals surface area contributed by atoms with Crippen LogP contribution in [-0.4, -0.2) is 50.6 Å². The third-order valence-corrected chi connectivity index (χ3v) is 4.56. The number of nitrogens with one attached hydrogen (secondary N) is 3. The van der Waals surface area contributed by atoms with Gasteiger partial charge in [0.1, 0.15) is 5.75 Å². The van der Waals surface area contributed by atoms with Gasteiger partial charge in [0.25, 0.3) is 5.91 Å². The normalized spacial score (nSPS) is 11.7. The number of hydrogen-bond donors (Lipinski definition) is 3. The first-order chi connectivity index (χ1) is 13.0. The molecule has 146 valence electrons. The number of anilines is 1. The number of thiophene rings is 1. The molecule has 0 aliphatic heterocycles. The number of urea groups is 1. The van der Waals surface area contributed by atoms with Crippen molar-refractivity contribution in [2.75, 3.05) is 39.1 Å². The van der Waals surface area contributed by atoms with Crippen molar-refractivity contribution in [3.8, 4) is 5.75 Å². The molecule has 1 aromatic carbocycles. The van der Waals surface area contributed by atoms with E-state index in [0.29, 0.717) is 24.5 Å². The molecule has 7 nitrogen and oxygen atoms in total. The predicted molar refractivity (Wildman–Crippen MR) is 108 cm³/mol. The third kappa shape index (κ3) is 6.92. The van der Waals surface area contributed by atoms with Crippen LogP contribution in [0.1, 0.15) is 18.5 Å². The van der Waals surface area contributed by atoms with Gasteiger partial charge in [0.05, 0.1) is 6.04 Å². The number of carbonyl (C=O) groups is 2. The van der Waals surface area contributed by atoms with Gasteiger partial charge < -0.3 is 25.6 Å². The Balaban J connectivity index is 1.80. The summed E-state index contributed by atoms with van der Waals surface area (Å²) >= 11 is 1.64. The van der Waals surface area contributed by atoms with E-state index in [1.54, 1.807) is 35.6 Å². The van der Waals surface area contributed by atoms with Crippen LogP contribution < -0.4 is 20.7 Å². The Bertz CT molecular complexity index is 717. The number of likely N-dealkylation sites (N-methyl/N-ethyl adjacent to an activating group) is 2. The molecule has 0 aliphatic carbocycles. The van der Waals surface area contributed by atoms with Gasteiger partial charge in [-0.25, -0.2) is 4.79 Å². The van der Waals surface area contributed by atoms with Crippen molar-refractivity contribution < 1.29 is 14.3 Å². The third-order valence-electron chi connectivity index (χ3n) is 3.86. The van der Waals surface area contributed by atoms with Crippen LogP contribution in [0.5, 0.6) is 5.75 Å². The van der Waals surface area contributed by atoms with Crippen molar-refractivity contribution in [2.45, 2.75) is 13.0 Å². The lowest BCUT2D eigenvalue weighted by molar-refractivity contribution is -0.122. The molecule has 8 heteroatoms. The van der Waals surface area contributed by atoms with Crippen LogP contribution in [0.2, 0.25) is 0 Å². The molecular weight excluding hydrogens is 364 g/mol. The number of rotatable bonds is 9. The zero-order valence-corrected chi connectivity index (χ0v) is 16.6. The van der Waals surface area contributed by atoms with E-state index in [-0.39, 0.29) is 24.6 Å². The van der Waals surface area contributed by atoms with Gasteiger partial charge in [0, 0.05) is 18.8 Å². The fourth-order valence-electron chi connectivity index (χ4n) is 2.46. The minimum atomic E-state index is -0.270. The summed E-state index contributed by atoms with van der Waals surface area (Å²) in [5, 5.41) is 12.5. The second-order valence-corrected chi connectivity index (χ2v) is 6.92. The van der Waals surface area contributed by atoms with Gasteiger partial charge in [0.2, 0.25) is 0 Å². The molecule has 1 aromatic heterocycles. The van der Waals surface area contributed by atoms with Crippen molar-refractivity contribution in [3.63, 3.8) is 0 Å². The topological polar surface area (TPSA) is 82.7 Å². The summed E-state index contributed by atoms with van der Waals surface area (Å²) in [6, 6.07) is 8.80. The molecule has 0 saturated carbocycles. The summed E-state index contributed by atoms with van der Waals surface area (Å²) in [7, 11) is 3.98. The van der Waals surface area contributed by atoms with Crippen LogP contribution in [0.3, 0.4) is 0 Å². The number of carbonyl (C=O) groups excluding carboxylic acids is 2. The minimum absolute atomic E-state index is 0.0321. The first-order valence-corrected chi connectivity index (χ1v) is 9.66. The molecule has 2 aromatic rings. The molecule has 2 rings (SSSR count). The number of benzene rings is 1. The molecule has 0 spiro atoms. The highest BCUT2D eigenvalue weighted by molar-refractivity contribution is 7.07. The van der Waals surface area contributed by atoms with Crippen LogP contribution in [0, 0.1) is 0 Å². The van der Waals surface area contributed by atoms with Gasteiger partial charge >= 0.3 is 6.03 Å². The molecule has 27 heavy (non-hydrogen) atoms. The van der Waals surface area contributed by atoms with Crippen LogP contribution in [0.25, 0.3) is 0 Å². The van der Waals surface area contributed by atoms with E-state index in [0.717, 1.165) is 0 Å². The highest BCUT2D eigenvalue weighted by Gasteiger charge is 2.15. The Hall–Kier alpha value is -2.58. The Kier molecular flexibility index (Phi) is 8.09. The zero-order valence-electron chi connectivity index (χ0n) is 15.8. The van der Waals surface area contributed by atoms with Gasteiger partial charge in [-0.05, 0) is 67.7 Å². The fourth-order valence-corrected chi connectivity index (χ4v) is 3.17. The van der Waals surface area contributed by atoms with Crippen molar-refractivity contribution in [1.82, 2.24) is 15.5 Å². The van der Waals surface area contributed by atoms with Crippen LogP contribution in [0.15, 0.2) is 41.1 Å². The monoisotopic (exact) mass is 390 g/mol. The second-order valence-electron chi connectivity index (χ2n) is 6.14. The highest BCUT2D eigenvalue weighted by atomic mass is 32.1.